The fourth-order valence-corrected chi connectivity index (χ4v) is 3.18. The highest BCUT2D eigenvalue weighted by molar-refractivity contribution is 7.92. The van der Waals surface area contributed by atoms with Crippen molar-refractivity contribution >= 4 is 27.3 Å². The van der Waals surface area contributed by atoms with Crippen molar-refractivity contribution in [3.05, 3.63) is 36.0 Å². The van der Waals surface area contributed by atoms with E-state index in [0.717, 1.165) is 10.9 Å². The Hall–Kier alpha value is -2.89. The van der Waals surface area contributed by atoms with Gasteiger partial charge < -0.3 is 0 Å². The Kier molecular flexibility index (Phi) is 4.72. The number of nitrogens with one attached hydrogen (secondary N) is 1. The van der Waals surface area contributed by atoms with Gasteiger partial charge in [0.2, 0.25) is 10.0 Å². The number of anilines is 1. The number of nitrogens with zero attached hydrogens (tertiary/aromatic N) is 4. The summed E-state index contributed by atoms with van der Waals surface area (Å²) in [5.41, 5.74) is 0.299. The second kappa shape index (κ2) is 6.58. The summed E-state index contributed by atoms with van der Waals surface area (Å²) in [6.07, 6.45) is -4.16. The van der Waals surface area contributed by atoms with E-state index in [0.29, 0.717) is 10.3 Å². The van der Waals surface area contributed by atoms with Crippen LogP contribution in [0.2, 0.25) is 0 Å². The van der Waals surface area contributed by atoms with Crippen LogP contribution in [0.15, 0.2) is 30.3 Å². The number of halogens is 3. The van der Waals surface area contributed by atoms with Gasteiger partial charge in [0.15, 0.2) is 11.5 Å². The Morgan fingerprint density at radius 1 is 1.07 bits per heavy atom. The Morgan fingerprint density at radius 2 is 1.66 bits per heavy atom. The Labute approximate surface area is 164 Å². The maximum absolute atomic E-state index is 13.2. The molecule has 0 aliphatic carbocycles. The summed E-state index contributed by atoms with van der Waals surface area (Å²) >= 11 is 0. The van der Waals surface area contributed by atoms with E-state index in [1.165, 1.54) is 30.3 Å². The number of carbonyl (C=O) groups is 1. The summed E-state index contributed by atoms with van der Waals surface area (Å²) in [6.45, 7) is 5.50. The van der Waals surface area contributed by atoms with Gasteiger partial charge in [-0.1, -0.05) is 20.8 Å². The molecule has 8 nitrogen and oxygen atoms in total. The lowest BCUT2D eigenvalue weighted by Crippen LogP contribution is -2.29. The zero-order valence-corrected chi connectivity index (χ0v) is 16.8. The number of hydrogen-bond acceptors (Lipinski definition) is 5. The van der Waals surface area contributed by atoms with Gasteiger partial charge in [-0.3, -0.25) is 9.52 Å². The number of sulfonamides is 1. The van der Waals surface area contributed by atoms with Gasteiger partial charge in [-0.2, -0.15) is 18.3 Å². The molecule has 1 aromatic carbocycles. The molecule has 3 aromatic rings. The minimum Gasteiger partial charge on any atom is -0.284 e. The van der Waals surface area contributed by atoms with Crippen LogP contribution in [0, 0.1) is 0 Å². The lowest BCUT2D eigenvalue weighted by Gasteiger charge is -2.14. The van der Waals surface area contributed by atoms with E-state index in [-0.39, 0.29) is 22.7 Å². The van der Waals surface area contributed by atoms with E-state index in [1.807, 2.05) is 20.8 Å². The van der Waals surface area contributed by atoms with Gasteiger partial charge in [0, 0.05) is 22.7 Å². The van der Waals surface area contributed by atoms with Crippen LogP contribution >= 0.6 is 0 Å². The Balaban J connectivity index is 2.17. The molecule has 2 aromatic heterocycles. The van der Waals surface area contributed by atoms with Gasteiger partial charge in [0.25, 0.3) is 0 Å². The van der Waals surface area contributed by atoms with E-state index < -0.39 is 27.5 Å². The number of fused-ring (bicyclic) bond motifs is 1. The molecule has 0 saturated heterocycles. The predicted molar refractivity (Wildman–Crippen MR) is 100 cm³/mol. The van der Waals surface area contributed by atoms with Gasteiger partial charge in [-0.25, -0.2) is 13.0 Å². The summed E-state index contributed by atoms with van der Waals surface area (Å²) in [7, 11) is -3.51. The third kappa shape index (κ3) is 4.26. The van der Waals surface area contributed by atoms with Crippen LogP contribution < -0.4 is 4.72 Å². The first-order valence-corrected chi connectivity index (χ1v) is 10.2. The monoisotopic (exact) mass is 429 g/mol. The summed E-state index contributed by atoms with van der Waals surface area (Å²) in [6, 6.07) is 6.83. The van der Waals surface area contributed by atoms with E-state index in [2.05, 4.69) is 14.9 Å². The smallest absolute Gasteiger partial charge is 0.284 e. The van der Waals surface area contributed by atoms with E-state index in [9.17, 15) is 26.4 Å². The average Bonchev–Trinajstić information content (AvgIpc) is 3.09. The Morgan fingerprint density at radius 3 is 2.14 bits per heavy atom. The second-order valence-corrected chi connectivity index (χ2v) is 9.29. The van der Waals surface area contributed by atoms with E-state index >= 15 is 0 Å². The number of benzene rings is 1. The summed E-state index contributed by atoms with van der Waals surface area (Å²) in [5.74, 6) is -2.37. The van der Waals surface area contributed by atoms with Gasteiger partial charge in [0.05, 0.1) is 11.9 Å². The molecule has 2 heterocycles. The maximum atomic E-state index is 13.2. The van der Waals surface area contributed by atoms with Crippen molar-refractivity contribution in [1.82, 2.24) is 19.4 Å². The summed E-state index contributed by atoms with van der Waals surface area (Å²) in [4.78, 5) is 12.1. The summed E-state index contributed by atoms with van der Waals surface area (Å²) in [5, 5.41) is 8.26. The van der Waals surface area contributed by atoms with Crippen LogP contribution in [-0.2, 0) is 15.4 Å². The molecule has 0 atom stereocenters. The third-order valence-electron chi connectivity index (χ3n) is 3.96. The molecule has 0 aliphatic heterocycles. The molecule has 0 unspecified atom stereocenters. The van der Waals surface area contributed by atoms with Gasteiger partial charge in [-0.15, -0.1) is 9.73 Å². The topological polar surface area (TPSA) is 98.4 Å². The normalized spacial score (nSPS) is 13.1. The van der Waals surface area contributed by atoms with Crippen molar-refractivity contribution in [3.8, 4) is 11.4 Å². The minimum absolute atomic E-state index is 0.120. The number of hydrogen-bond donors (Lipinski definition) is 1. The first-order chi connectivity index (χ1) is 13.2. The summed E-state index contributed by atoms with van der Waals surface area (Å²) < 4.78 is 66.0. The lowest BCUT2D eigenvalue weighted by atomic mass is 9.93. The fraction of sp³-hybridized carbons (Fsp3) is 0.353. The van der Waals surface area contributed by atoms with Crippen molar-refractivity contribution in [3.63, 3.8) is 0 Å². The highest BCUT2D eigenvalue weighted by Gasteiger charge is 2.43. The Bertz CT molecular complexity index is 1190. The van der Waals surface area contributed by atoms with Crippen molar-refractivity contribution in [2.45, 2.75) is 32.4 Å². The SMILES string of the molecule is CC(C)(C)c1cc2n(C(=O)C(F)(F)F)c(-c3ccc(NS(C)(=O)=O)cc3)nn2n1. The van der Waals surface area contributed by atoms with Crippen LogP contribution in [0.1, 0.15) is 31.3 Å². The highest BCUT2D eigenvalue weighted by atomic mass is 32.2. The zero-order valence-electron chi connectivity index (χ0n) is 15.9. The van der Waals surface area contributed by atoms with Crippen molar-refractivity contribution in [2.75, 3.05) is 11.0 Å². The number of aromatic nitrogens is 4. The molecule has 0 radical (unpaired) electrons. The first kappa shape index (κ1) is 20.8. The molecule has 3 rings (SSSR count). The van der Waals surface area contributed by atoms with Gasteiger partial charge in [-0.05, 0) is 24.3 Å². The molecular weight excluding hydrogens is 411 g/mol. The molecule has 0 fully saturated rings. The fourth-order valence-electron chi connectivity index (χ4n) is 2.61. The van der Waals surface area contributed by atoms with Crippen LogP contribution in [0.3, 0.4) is 0 Å². The van der Waals surface area contributed by atoms with Crippen LogP contribution in [-0.4, -0.2) is 46.2 Å². The van der Waals surface area contributed by atoms with Crippen molar-refractivity contribution in [2.24, 2.45) is 0 Å². The van der Waals surface area contributed by atoms with Crippen molar-refractivity contribution in [1.29, 1.82) is 0 Å². The molecule has 0 amide bonds. The largest absolute Gasteiger partial charge is 0.472 e. The predicted octanol–water partition coefficient (Wildman–Crippen LogP) is 3.07. The van der Waals surface area contributed by atoms with E-state index in [1.54, 1.807) is 0 Å². The van der Waals surface area contributed by atoms with Crippen molar-refractivity contribution < 1.29 is 26.4 Å². The number of alkyl halides is 3. The number of carbonyl (C=O) groups excluding carboxylic acids is 1. The first-order valence-electron chi connectivity index (χ1n) is 8.36. The number of rotatable bonds is 3. The molecule has 156 valence electrons. The van der Waals surface area contributed by atoms with Gasteiger partial charge >= 0.3 is 12.1 Å². The molecule has 0 aliphatic rings. The highest BCUT2D eigenvalue weighted by Crippen LogP contribution is 2.29. The van der Waals surface area contributed by atoms with Gasteiger partial charge in [0.1, 0.15) is 0 Å². The molecule has 0 saturated carbocycles. The molecule has 0 spiro atoms. The molecular formula is C17H18F3N5O3S. The third-order valence-corrected chi connectivity index (χ3v) is 4.57. The molecule has 12 heteroatoms. The molecule has 0 bridgehead atoms. The standard InChI is InChI=1S/C17H18F3N5O3S/c1-16(2,3)12-9-13-24(15(26)17(18,19)20)14(22-25(13)21-12)10-5-7-11(8-6-10)23-29(4,27)28/h5-9,23H,1-4H3. The average molecular weight is 429 g/mol. The van der Waals surface area contributed by atoms with Crippen LogP contribution in [0.4, 0.5) is 18.9 Å². The molecule has 29 heavy (non-hydrogen) atoms. The minimum atomic E-state index is -5.13. The lowest BCUT2D eigenvalue weighted by molar-refractivity contribution is -0.0942. The zero-order chi connectivity index (χ0) is 21.8. The van der Waals surface area contributed by atoms with E-state index in [4.69, 9.17) is 0 Å². The molecule has 1 N–H and O–H groups in total. The van der Waals surface area contributed by atoms with Crippen LogP contribution in [0.5, 0.6) is 0 Å². The quantitative estimate of drug-likeness (QED) is 0.690. The van der Waals surface area contributed by atoms with Crippen LogP contribution in [0.25, 0.3) is 17.0 Å². The second-order valence-electron chi connectivity index (χ2n) is 7.54. The maximum Gasteiger partial charge on any atom is 0.472 e.